The number of benzene rings is 1. The second-order valence-corrected chi connectivity index (χ2v) is 5.24. The molecule has 1 fully saturated rings. The van der Waals surface area contributed by atoms with E-state index in [-0.39, 0.29) is 12.1 Å². The molecule has 108 valence electrons. The van der Waals surface area contributed by atoms with E-state index in [1.165, 1.54) is 0 Å². The monoisotopic (exact) mass is 293 g/mol. The lowest BCUT2D eigenvalue weighted by Crippen LogP contribution is -2.46. The summed E-state index contributed by atoms with van der Waals surface area (Å²) < 4.78 is 5.27. The molecule has 0 saturated carbocycles. The van der Waals surface area contributed by atoms with E-state index < -0.39 is 0 Å². The zero-order valence-corrected chi connectivity index (χ0v) is 12.1. The number of nitrogens with two attached hydrogens (primary N) is 1. The van der Waals surface area contributed by atoms with Crippen LogP contribution >= 0.6 is 12.2 Å². The number of nitrogens with zero attached hydrogens (tertiary/aromatic N) is 1. The molecule has 5 nitrogen and oxygen atoms in total. The highest BCUT2D eigenvalue weighted by Crippen LogP contribution is 2.15. The molecule has 1 atom stereocenters. The van der Waals surface area contributed by atoms with Gasteiger partial charge in [-0.1, -0.05) is 30.4 Å². The number of para-hydroxylation sites is 1. The Bertz CT molecular complexity index is 461. The largest absolute Gasteiger partial charge is 0.393 e. The topological polar surface area (TPSA) is 67.6 Å². The molecule has 20 heavy (non-hydrogen) atoms. The van der Waals surface area contributed by atoms with Crippen LogP contribution in [0.2, 0.25) is 0 Å². The fraction of sp³-hybridized carbons (Fsp3) is 0.429. The van der Waals surface area contributed by atoms with Crippen molar-refractivity contribution in [2.45, 2.75) is 18.9 Å². The summed E-state index contributed by atoms with van der Waals surface area (Å²) in [5.74, 6) is 0. The van der Waals surface area contributed by atoms with Crippen molar-refractivity contribution in [3.8, 4) is 0 Å². The predicted octanol–water partition coefficient (Wildman–Crippen LogP) is 1.67. The van der Waals surface area contributed by atoms with E-state index in [1.807, 2.05) is 30.3 Å². The van der Waals surface area contributed by atoms with Crippen LogP contribution in [0.3, 0.4) is 0 Å². The summed E-state index contributed by atoms with van der Waals surface area (Å²) >= 11 is 4.89. The number of hydrogen-bond acceptors (Lipinski definition) is 3. The molecule has 1 unspecified atom stereocenters. The number of hydrogen-bond donors (Lipinski definition) is 2. The Morgan fingerprint density at radius 1 is 1.45 bits per heavy atom. The Balaban J connectivity index is 2.04. The van der Waals surface area contributed by atoms with Crippen LogP contribution in [-0.4, -0.2) is 36.8 Å². The van der Waals surface area contributed by atoms with Gasteiger partial charge in [0.25, 0.3) is 0 Å². The van der Waals surface area contributed by atoms with Gasteiger partial charge in [-0.3, -0.25) is 4.90 Å². The molecule has 1 aromatic rings. The summed E-state index contributed by atoms with van der Waals surface area (Å²) in [6.45, 7) is 1.74. The van der Waals surface area contributed by atoms with E-state index in [0.29, 0.717) is 31.2 Å². The molecule has 0 spiro atoms. The molecule has 1 saturated heterocycles. The summed E-state index contributed by atoms with van der Waals surface area (Å²) in [6.07, 6.45) is 1.35. The van der Waals surface area contributed by atoms with Crippen LogP contribution in [0.4, 0.5) is 10.5 Å². The van der Waals surface area contributed by atoms with Crippen LogP contribution in [-0.2, 0) is 4.74 Å². The first-order chi connectivity index (χ1) is 9.66. The number of rotatable bonds is 5. The van der Waals surface area contributed by atoms with Crippen LogP contribution < -0.4 is 16.0 Å². The molecule has 6 heteroatoms. The summed E-state index contributed by atoms with van der Waals surface area (Å²) in [7, 11) is 0. The van der Waals surface area contributed by atoms with Crippen LogP contribution in [0.5, 0.6) is 0 Å². The zero-order valence-electron chi connectivity index (χ0n) is 11.2. The molecule has 2 amide bonds. The minimum atomic E-state index is -0.136. The number of urea groups is 1. The van der Waals surface area contributed by atoms with E-state index in [1.54, 1.807) is 4.90 Å². The summed E-state index contributed by atoms with van der Waals surface area (Å²) in [5, 5.41) is 2.98. The molecule has 1 aliphatic rings. The van der Waals surface area contributed by atoms with Crippen LogP contribution in [0.15, 0.2) is 30.3 Å². The van der Waals surface area contributed by atoms with E-state index >= 15 is 0 Å². The van der Waals surface area contributed by atoms with E-state index in [4.69, 9.17) is 22.7 Å². The fourth-order valence-electron chi connectivity index (χ4n) is 2.08. The fourth-order valence-corrected chi connectivity index (χ4v) is 2.17. The van der Waals surface area contributed by atoms with Gasteiger partial charge in [0.1, 0.15) is 0 Å². The smallest absolute Gasteiger partial charge is 0.322 e. The highest BCUT2D eigenvalue weighted by Gasteiger charge is 2.22. The average Bonchev–Trinajstić information content (AvgIpc) is 2.92. The predicted molar refractivity (Wildman–Crippen MR) is 82.9 cm³/mol. The maximum Gasteiger partial charge on any atom is 0.322 e. The SMILES string of the molecule is NC(=S)CCN(C(=O)NC1CCOC1)c1ccccc1. The molecular formula is C14H19N3O2S. The van der Waals surface area contributed by atoms with Crippen molar-refractivity contribution in [1.29, 1.82) is 0 Å². The quantitative estimate of drug-likeness (QED) is 0.810. The molecule has 2 rings (SSSR count). The Morgan fingerprint density at radius 3 is 2.80 bits per heavy atom. The molecule has 0 aliphatic carbocycles. The molecule has 0 aromatic heterocycles. The van der Waals surface area contributed by atoms with Crippen molar-refractivity contribution in [3.63, 3.8) is 0 Å². The van der Waals surface area contributed by atoms with Gasteiger partial charge in [0, 0.05) is 25.3 Å². The number of amides is 2. The maximum absolute atomic E-state index is 12.4. The highest BCUT2D eigenvalue weighted by molar-refractivity contribution is 7.80. The van der Waals surface area contributed by atoms with E-state index in [0.717, 1.165) is 12.1 Å². The number of thiocarbonyl (C=S) groups is 1. The van der Waals surface area contributed by atoms with E-state index in [9.17, 15) is 4.79 Å². The third kappa shape index (κ3) is 4.18. The first-order valence-electron chi connectivity index (χ1n) is 6.66. The molecule has 3 N–H and O–H groups in total. The Labute approximate surface area is 124 Å². The molecule has 1 aliphatic heterocycles. The minimum absolute atomic E-state index is 0.0820. The summed E-state index contributed by atoms with van der Waals surface area (Å²) in [4.78, 5) is 14.5. The van der Waals surface area contributed by atoms with E-state index in [2.05, 4.69) is 5.32 Å². The van der Waals surface area contributed by atoms with Crippen LogP contribution in [0.1, 0.15) is 12.8 Å². The van der Waals surface area contributed by atoms with Gasteiger partial charge < -0.3 is 15.8 Å². The van der Waals surface area contributed by atoms with Crippen LogP contribution in [0, 0.1) is 0 Å². The van der Waals surface area contributed by atoms with Crippen molar-refractivity contribution in [1.82, 2.24) is 5.32 Å². The molecule has 1 aromatic carbocycles. The Hall–Kier alpha value is -1.66. The normalized spacial score (nSPS) is 17.7. The molecule has 0 bridgehead atoms. The lowest BCUT2D eigenvalue weighted by molar-refractivity contribution is 0.189. The van der Waals surface area contributed by atoms with Gasteiger partial charge >= 0.3 is 6.03 Å². The third-order valence-electron chi connectivity index (χ3n) is 3.15. The summed E-state index contributed by atoms with van der Waals surface area (Å²) in [5.41, 5.74) is 6.37. The van der Waals surface area contributed by atoms with Crippen LogP contribution in [0.25, 0.3) is 0 Å². The van der Waals surface area contributed by atoms with Gasteiger partial charge in [0.2, 0.25) is 0 Å². The zero-order chi connectivity index (χ0) is 14.4. The maximum atomic E-state index is 12.4. The Morgan fingerprint density at radius 2 is 2.20 bits per heavy atom. The van der Waals surface area contributed by atoms with Crippen molar-refractivity contribution in [2.75, 3.05) is 24.7 Å². The van der Waals surface area contributed by atoms with Gasteiger partial charge in [-0.15, -0.1) is 0 Å². The number of anilines is 1. The second-order valence-electron chi connectivity index (χ2n) is 4.71. The van der Waals surface area contributed by atoms with Gasteiger partial charge in [-0.2, -0.15) is 0 Å². The van der Waals surface area contributed by atoms with Crippen molar-refractivity contribution in [3.05, 3.63) is 30.3 Å². The Kier molecular flexibility index (Phi) is 5.31. The average molecular weight is 293 g/mol. The first-order valence-corrected chi connectivity index (χ1v) is 7.07. The van der Waals surface area contributed by atoms with Crippen molar-refractivity contribution in [2.24, 2.45) is 5.73 Å². The standard InChI is InChI=1S/C14H19N3O2S/c15-13(20)6-8-17(12-4-2-1-3-5-12)14(18)16-11-7-9-19-10-11/h1-5,11H,6-10H2,(H2,15,20)(H,16,18). The number of carbonyl (C=O) groups excluding carboxylic acids is 1. The second kappa shape index (κ2) is 7.21. The molecule has 1 heterocycles. The number of carbonyl (C=O) groups is 1. The third-order valence-corrected chi connectivity index (χ3v) is 3.36. The van der Waals surface area contributed by atoms with Crippen molar-refractivity contribution >= 4 is 28.9 Å². The van der Waals surface area contributed by atoms with Gasteiger partial charge in [-0.05, 0) is 18.6 Å². The molecular weight excluding hydrogens is 274 g/mol. The number of ether oxygens (including phenoxy) is 1. The highest BCUT2D eigenvalue weighted by atomic mass is 32.1. The van der Waals surface area contributed by atoms with Gasteiger partial charge in [0.15, 0.2) is 0 Å². The van der Waals surface area contributed by atoms with Gasteiger partial charge in [0.05, 0.1) is 17.6 Å². The lowest BCUT2D eigenvalue weighted by Gasteiger charge is -2.24. The lowest BCUT2D eigenvalue weighted by atomic mass is 10.2. The number of nitrogens with one attached hydrogen (secondary N) is 1. The van der Waals surface area contributed by atoms with Crippen molar-refractivity contribution < 1.29 is 9.53 Å². The minimum Gasteiger partial charge on any atom is -0.393 e. The first kappa shape index (κ1) is 14.7. The molecule has 0 radical (unpaired) electrons. The van der Waals surface area contributed by atoms with Gasteiger partial charge in [-0.25, -0.2) is 4.79 Å². The summed E-state index contributed by atoms with van der Waals surface area (Å²) in [6, 6.07) is 9.44.